The molecule has 0 saturated heterocycles. The highest BCUT2D eigenvalue weighted by atomic mass is 16.5. The van der Waals surface area contributed by atoms with Crippen molar-refractivity contribution in [3.8, 4) is 11.5 Å². The summed E-state index contributed by atoms with van der Waals surface area (Å²) >= 11 is 0. The van der Waals surface area contributed by atoms with E-state index in [0.29, 0.717) is 25.3 Å². The molecule has 0 heterocycles. The first-order valence-corrected chi connectivity index (χ1v) is 11.3. The Morgan fingerprint density at radius 2 is 1.78 bits per heavy atom. The van der Waals surface area contributed by atoms with Gasteiger partial charge in [0.2, 0.25) is 5.91 Å². The van der Waals surface area contributed by atoms with Gasteiger partial charge in [0.05, 0.1) is 7.11 Å². The fourth-order valence-corrected chi connectivity index (χ4v) is 3.46. The normalized spacial score (nSPS) is 11.5. The molecule has 1 N–H and O–H groups in total. The molecule has 0 unspecified atom stereocenters. The maximum Gasteiger partial charge on any atom is 0.261 e. The van der Waals surface area contributed by atoms with Crippen LogP contribution in [0.4, 0.5) is 0 Å². The molecule has 6 heteroatoms. The van der Waals surface area contributed by atoms with E-state index in [9.17, 15) is 9.59 Å². The summed E-state index contributed by atoms with van der Waals surface area (Å²) in [5.74, 6) is 1.08. The molecule has 0 aliphatic heterocycles. The van der Waals surface area contributed by atoms with Gasteiger partial charge in [-0.3, -0.25) is 9.59 Å². The van der Waals surface area contributed by atoms with Crippen LogP contribution in [-0.2, 0) is 16.1 Å². The minimum Gasteiger partial charge on any atom is -0.497 e. The first-order valence-electron chi connectivity index (χ1n) is 11.3. The van der Waals surface area contributed by atoms with Gasteiger partial charge in [-0.1, -0.05) is 44.5 Å². The maximum atomic E-state index is 13.3. The van der Waals surface area contributed by atoms with Crippen LogP contribution in [0, 0.1) is 13.8 Å². The van der Waals surface area contributed by atoms with Crippen molar-refractivity contribution in [2.45, 2.75) is 59.5 Å². The Hall–Kier alpha value is -3.02. The molecule has 2 amide bonds. The van der Waals surface area contributed by atoms with Crippen LogP contribution in [0.5, 0.6) is 11.5 Å². The van der Waals surface area contributed by atoms with Gasteiger partial charge in [0.25, 0.3) is 5.91 Å². The lowest BCUT2D eigenvalue weighted by atomic mass is 10.1. The molecular formula is C26H36N2O4. The summed E-state index contributed by atoms with van der Waals surface area (Å²) in [6.45, 7) is 8.78. The number of ether oxygens (including phenoxy) is 2. The average Bonchev–Trinajstić information content (AvgIpc) is 2.80. The molecule has 6 nitrogen and oxygen atoms in total. The highest BCUT2D eigenvalue weighted by molar-refractivity contribution is 5.88. The molecule has 2 rings (SSSR count). The Bertz CT molecular complexity index is 880. The molecule has 0 fully saturated rings. The van der Waals surface area contributed by atoms with Gasteiger partial charge in [-0.25, -0.2) is 0 Å². The Balaban J connectivity index is 2.20. The molecule has 0 saturated carbocycles. The summed E-state index contributed by atoms with van der Waals surface area (Å²) in [4.78, 5) is 27.8. The number of hydrogen-bond donors (Lipinski definition) is 1. The van der Waals surface area contributed by atoms with Crippen molar-refractivity contribution in [3.05, 3.63) is 59.2 Å². The number of rotatable bonds is 12. The number of hydrogen-bond acceptors (Lipinski definition) is 4. The largest absolute Gasteiger partial charge is 0.497 e. The van der Waals surface area contributed by atoms with Crippen LogP contribution >= 0.6 is 0 Å². The zero-order valence-electron chi connectivity index (χ0n) is 19.9. The van der Waals surface area contributed by atoms with Gasteiger partial charge in [0.15, 0.2) is 6.61 Å². The number of nitrogens with zero attached hydrogens (tertiary/aromatic N) is 1. The minimum atomic E-state index is -0.566. The number of methoxy groups -OCH3 is 1. The van der Waals surface area contributed by atoms with E-state index in [1.807, 2.05) is 63.2 Å². The van der Waals surface area contributed by atoms with E-state index in [4.69, 9.17) is 9.47 Å². The third-order valence-electron chi connectivity index (χ3n) is 5.63. The first-order chi connectivity index (χ1) is 15.4. The monoisotopic (exact) mass is 440 g/mol. The smallest absolute Gasteiger partial charge is 0.261 e. The van der Waals surface area contributed by atoms with E-state index >= 15 is 0 Å². The summed E-state index contributed by atoms with van der Waals surface area (Å²) in [6, 6.07) is 12.7. The lowest BCUT2D eigenvalue weighted by Gasteiger charge is -2.30. The van der Waals surface area contributed by atoms with Crippen LogP contribution in [0.1, 0.15) is 49.8 Å². The third kappa shape index (κ3) is 7.01. The number of aryl methyl sites for hydroxylation is 1. The van der Waals surface area contributed by atoms with Crippen molar-refractivity contribution in [1.29, 1.82) is 0 Å². The summed E-state index contributed by atoms with van der Waals surface area (Å²) in [6.07, 6.45) is 2.42. The van der Waals surface area contributed by atoms with Gasteiger partial charge in [0.1, 0.15) is 17.5 Å². The molecular weight excluding hydrogens is 404 g/mol. The number of carbonyl (C=O) groups excluding carboxylic acids is 2. The minimum absolute atomic E-state index is 0.126. The van der Waals surface area contributed by atoms with Gasteiger partial charge >= 0.3 is 0 Å². The van der Waals surface area contributed by atoms with Crippen LogP contribution < -0.4 is 14.8 Å². The zero-order chi connectivity index (χ0) is 23.5. The molecule has 2 aromatic rings. The van der Waals surface area contributed by atoms with Crippen molar-refractivity contribution < 1.29 is 19.1 Å². The second-order valence-electron chi connectivity index (χ2n) is 7.93. The van der Waals surface area contributed by atoms with Crippen LogP contribution in [-0.4, -0.2) is 43.0 Å². The quantitative estimate of drug-likeness (QED) is 0.496. The zero-order valence-corrected chi connectivity index (χ0v) is 19.9. The van der Waals surface area contributed by atoms with E-state index in [0.717, 1.165) is 35.3 Å². The van der Waals surface area contributed by atoms with Crippen LogP contribution in [0.3, 0.4) is 0 Å². The Kier molecular flexibility index (Phi) is 10.1. The van der Waals surface area contributed by atoms with Crippen LogP contribution in [0.2, 0.25) is 0 Å². The first kappa shape index (κ1) is 25.2. The molecule has 1 atom stereocenters. The SMILES string of the molecule is CCCCNC(=O)[C@@H](CC)N(Cc1ccc(OC)cc1)C(=O)COc1cccc(C)c1C. The number of amides is 2. The fourth-order valence-electron chi connectivity index (χ4n) is 3.46. The molecule has 32 heavy (non-hydrogen) atoms. The van der Waals surface area contributed by atoms with Gasteiger partial charge in [-0.2, -0.15) is 0 Å². The summed E-state index contributed by atoms with van der Waals surface area (Å²) < 4.78 is 11.1. The van der Waals surface area contributed by atoms with Gasteiger partial charge in [0, 0.05) is 13.1 Å². The van der Waals surface area contributed by atoms with E-state index < -0.39 is 6.04 Å². The topological polar surface area (TPSA) is 67.9 Å². The Morgan fingerprint density at radius 1 is 1.06 bits per heavy atom. The standard InChI is InChI=1S/C26H36N2O4/c1-6-8-16-27-26(30)23(7-2)28(17-21-12-14-22(31-5)15-13-21)25(29)18-32-24-11-9-10-19(3)20(24)4/h9-15,23H,6-8,16-18H2,1-5H3,(H,27,30)/t23-/m1/s1. The number of unbranched alkanes of at least 4 members (excludes halogenated alkanes) is 1. The van der Waals surface area contributed by atoms with E-state index in [1.54, 1.807) is 12.0 Å². The van der Waals surface area contributed by atoms with Crippen molar-refractivity contribution in [1.82, 2.24) is 10.2 Å². The molecule has 0 aliphatic rings. The van der Waals surface area contributed by atoms with Crippen molar-refractivity contribution in [2.75, 3.05) is 20.3 Å². The lowest BCUT2D eigenvalue weighted by molar-refractivity contribution is -0.143. The Morgan fingerprint density at radius 3 is 2.41 bits per heavy atom. The number of nitrogens with one attached hydrogen (secondary N) is 1. The highest BCUT2D eigenvalue weighted by Gasteiger charge is 2.29. The predicted molar refractivity (Wildman–Crippen MR) is 127 cm³/mol. The van der Waals surface area contributed by atoms with E-state index in [2.05, 4.69) is 12.2 Å². The second kappa shape index (κ2) is 12.7. The molecule has 0 bridgehead atoms. The fraction of sp³-hybridized carbons (Fsp3) is 0.462. The lowest BCUT2D eigenvalue weighted by Crippen LogP contribution is -2.50. The Labute approximate surface area is 191 Å². The van der Waals surface area contributed by atoms with E-state index in [1.165, 1.54) is 0 Å². The number of carbonyl (C=O) groups is 2. The third-order valence-corrected chi connectivity index (χ3v) is 5.63. The molecule has 174 valence electrons. The molecule has 0 aliphatic carbocycles. The molecule has 2 aromatic carbocycles. The van der Waals surface area contributed by atoms with E-state index in [-0.39, 0.29) is 18.4 Å². The predicted octanol–water partition coefficient (Wildman–Crippen LogP) is 4.41. The van der Waals surface area contributed by atoms with Gasteiger partial charge < -0.3 is 19.7 Å². The average molecular weight is 441 g/mol. The second-order valence-corrected chi connectivity index (χ2v) is 7.93. The van der Waals surface area contributed by atoms with Crippen molar-refractivity contribution >= 4 is 11.8 Å². The van der Waals surface area contributed by atoms with Gasteiger partial charge in [-0.05, 0) is 61.6 Å². The summed E-state index contributed by atoms with van der Waals surface area (Å²) in [5, 5.41) is 2.97. The molecule has 0 spiro atoms. The number of benzene rings is 2. The van der Waals surface area contributed by atoms with Crippen LogP contribution in [0.15, 0.2) is 42.5 Å². The van der Waals surface area contributed by atoms with Crippen LogP contribution in [0.25, 0.3) is 0 Å². The maximum absolute atomic E-state index is 13.3. The van der Waals surface area contributed by atoms with Crippen molar-refractivity contribution in [3.63, 3.8) is 0 Å². The molecule has 0 aromatic heterocycles. The van der Waals surface area contributed by atoms with Gasteiger partial charge in [-0.15, -0.1) is 0 Å². The van der Waals surface area contributed by atoms with Crippen molar-refractivity contribution in [2.24, 2.45) is 0 Å². The molecule has 0 radical (unpaired) electrons. The highest BCUT2D eigenvalue weighted by Crippen LogP contribution is 2.21. The summed E-state index contributed by atoms with van der Waals surface area (Å²) in [5.41, 5.74) is 3.03. The summed E-state index contributed by atoms with van der Waals surface area (Å²) in [7, 11) is 1.61.